The zero-order chi connectivity index (χ0) is 14.8. The first-order valence-electron chi connectivity index (χ1n) is 7.13. The Morgan fingerprint density at radius 3 is 2.43 bits per heavy atom. The first-order valence-corrected chi connectivity index (χ1v) is 7.13. The molecular weight excluding hydrogens is 276 g/mol. The first kappa shape index (κ1) is 14.1. The van der Waals surface area contributed by atoms with Crippen LogP contribution in [0.15, 0.2) is 22.7 Å². The highest BCUT2D eigenvalue weighted by molar-refractivity contribution is 5.21. The summed E-state index contributed by atoms with van der Waals surface area (Å²) in [5.41, 5.74) is 6.36. The van der Waals surface area contributed by atoms with E-state index in [0.717, 1.165) is 31.7 Å². The maximum atomic E-state index is 13.1. The van der Waals surface area contributed by atoms with Crippen molar-refractivity contribution in [3.05, 3.63) is 47.1 Å². The molecule has 1 aromatic heterocycles. The molecule has 1 aliphatic carbocycles. The van der Waals surface area contributed by atoms with Crippen LogP contribution >= 0.6 is 0 Å². The highest BCUT2D eigenvalue weighted by Crippen LogP contribution is 2.31. The fourth-order valence-electron chi connectivity index (χ4n) is 2.77. The van der Waals surface area contributed by atoms with E-state index >= 15 is 0 Å². The molecule has 0 saturated heterocycles. The van der Waals surface area contributed by atoms with Crippen LogP contribution in [0.2, 0.25) is 0 Å². The summed E-state index contributed by atoms with van der Waals surface area (Å²) in [5.74, 6) is 0.0962. The van der Waals surface area contributed by atoms with Gasteiger partial charge >= 0.3 is 0 Å². The molecule has 4 nitrogen and oxygen atoms in total. The van der Waals surface area contributed by atoms with Gasteiger partial charge in [-0.3, -0.25) is 0 Å². The van der Waals surface area contributed by atoms with Gasteiger partial charge in [0, 0.05) is 24.4 Å². The Hall–Kier alpha value is -1.82. The SMILES string of the molecule is NC1CCC(c2nc(Cc3cc(F)cc(F)c3)no2)CC1. The van der Waals surface area contributed by atoms with Gasteiger partial charge in [-0.2, -0.15) is 4.98 Å². The van der Waals surface area contributed by atoms with Crippen LogP contribution in [0.4, 0.5) is 8.78 Å². The minimum Gasteiger partial charge on any atom is -0.339 e. The summed E-state index contributed by atoms with van der Waals surface area (Å²) < 4.78 is 31.6. The Balaban J connectivity index is 1.70. The molecule has 1 heterocycles. The predicted octanol–water partition coefficient (Wildman–Crippen LogP) is 2.92. The molecule has 1 aliphatic rings. The summed E-state index contributed by atoms with van der Waals surface area (Å²) in [5, 5.41) is 3.90. The van der Waals surface area contributed by atoms with Gasteiger partial charge in [-0.15, -0.1) is 0 Å². The number of rotatable bonds is 3. The van der Waals surface area contributed by atoms with Crippen LogP contribution in [-0.2, 0) is 6.42 Å². The maximum Gasteiger partial charge on any atom is 0.229 e. The van der Waals surface area contributed by atoms with E-state index in [2.05, 4.69) is 10.1 Å². The molecule has 0 radical (unpaired) electrons. The molecule has 1 saturated carbocycles. The third kappa shape index (κ3) is 3.44. The van der Waals surface area contributed by atoms with Gasteiger partial charge < -0.3 is 10.3 Å². The lowest BCUT2D eigenvalue weighted by Crippen LogP contribution is -2.25. The third-order valence-corrected chi connectivity index (χ3v) is 3.89. The molecule has 1 aromatic carbocycles. The number of hydrogen-bond acceptors (Lipinski definition) is 4. The van der Waals surface area contributed by atoms with E-state index in [0.29, 0.717) is 17.3 Å². The minimum atomic E-state index is -0.602. The van der Waals surface area contributed by atoms with Crippen molar-refractivity contribution in [2.75, 3.05) is 0 Å². The van der Waals surface area contributed by atoms with Crippen molar-refractivity contribution in [2.45, 2.75) is 44.1 Å². The number of nitrogens with two attached hydrogens (primary N) is 1. The Kier molecular flexibility index (Phi) is 3.96. The molecule has 0 aliphatic heterocycles. The van der Waals surface area contributed by atoms with Gasteiger partial charge in [0.05, 0.1) is 0 Å². The van der Waals surface area contributed by atoms with Crippen LogP contribution in [0.1, 0.15) is 48.9 Å². The van der Waals surface area contributed by atoms with E-state index in [4.69, 9.17) is 10.3 Å². The van der Waals surface area contributed by atoms with Crippen molar-refractivity contribution in [1.82, 2.24) is 10.1 Å². The van der Waals surface area contributed by atoms with Crippen molar-refractivity contribution >= 4 is 0 Å². The maximum absolute atomic E-state index is 13.1. The third-order valence-electron chi connectivity index (χ3n) is 3.89. The summed E-state index contributed by atoms with van der Waals surface area (Å²) in [7, 11) is 0. The monoisotopic (exact) mass is 293 g/mol. The van der Waals surface area contributed by atoms with Gasteiger partial charge in [-0.05, 0) is 43.4 Å². The van der Waals surface area contributed by atoms with E-state index in [-0.39, 0.29) is 18.4 Å². The number of hydrogen-bond donors (Lipinski definition) is 1. The normalized spacial score (nSPS) is 22.4. The Morgan fingerprint density at radius 2 is 1.76 bits per heavy atom. The molecule has 2 aromatic rings. The van der Waals surface area contributed by atoms with Crippen LogP contribution in [-0.4, -0.2) is 16.2 Å². The average molecular weight is 293 g/mol. The fraction of sp³-hybridized carbons (Fsp3) is 0.467. The summed E-state index contributed by atoms with van der Waals surface area (Å²) in [6.07, 6.45) is 4.05. The highest BCUT2D eigenvalue weighted by atomic mass is 19.1. The van der Waals surface area contributed by atoms with Crippen LogP contribution in [0, 0.1) is 11.6 Å². The van der Waals surface area contributed by atoms with Crippen LogP contribution in [0.5, 0.6) is 0 Å². The molecule has 0 spiro atoms. The first-order chi connectivity index (χ1) is 10.1. The fourth-order valence-corrected chi connectivity index (χ4v) is 2.77. The summed E-state index contributed by atoms with van der Waals surface area (Å²) in [4.78, 5) is 4.35. The highest BCUT2D eigenvalue weighted by Gasteiger charge is 2.24. The second-order valence-corrected chi connectivity index (χ2v) is 5.62. The van der Waals surface area contributed by atoms with Crippen molar-refractivity contribution in [2.24, 2.45) is 5.73 Å². The lowest BCUT2D eigenvalue weighted by atomic mass is 9.86. The van der Waals surface area contributed by atoms with E-state index in [1.54, 1.807) is 0 Å². The van der Waals surface area contributed by atoms with Crippen molar-refractivity contribution in [3.63, 3.8) is 0 Å². The number of halogens is 2. The summed E-state index contributed by atoms with van der Waals surface area (Å²) >= 11 is 0. The van der Waals surface area contributed by atoms with E-state index < -0.39 is 11.6 Å². The number of nitrogens with zero attached hydrogens (tertiary/aromatic N) is 2. The van der Waals surface area contributed by atoms with Gasteiger partial charge in [-0.25, -0.2) is 8.78 Å². The second kappa shape index (κ2) is 5.89. The minimum absolute atomic E-state index is 0.246. The van der Waals surface area contributed by atoms with Crippen LogP contribution < -0.4 is 5.73 Å². The quantitative estimate of drug-likeness (QED) is 0.945. The van der Waals surface area contributed by atoms with E-state index in [9.17, 15) is 8.78 Å². The molecule has 0 atom stereocenters. The molecule has 0 bridgehead atoms. The average Bonchev–Trinajstić information content (AvgIpc) is 2.87. The topological polar surface area (TPSA) is 64.9 Å². The zero-order valence-electron chi connectivity index (χ0n) is 11.6. The molecule has 0 unspecified atom stereocenters. The van der Waals surface area contributed by atoms with E-state index in [1.807, 2.05) is 0 Å². The number of benzene rings is 1. The molecular formula is C15H17F2N3O. The van der Waals surface area contributed by atoms with Crippen LogP contribution in [0.25, 0.3) is 0 Å². The molecule has 6 heteroatoms. The molecule has 112 valence electrons. The zero-order valence-corrected chi connectivity index (χ0v) is 11.6. The summed E-state index contributed by atoms with van der Waals surface area (Å²) in [6, 6.07) is 3.66. The molecule has 21 heavy (non-hydrogen) atoms. The van der Waals surface area contributed by atoms with Gasteiger partial charge in [-0.1, -0.05) is 5.16 Å². The Morgan fingerprint density at radius 1 is 1.10 bits per heavy atom. The smallest absolute Gasteiger partial charge is 0.229 e. The van der Waals surface area contributed by atoms with Gasteiger partial charge in [0.2, 0.25) is 5.89 Å². The predicted molar refractivity (Wildman–Crippen MR) is 72.6 cm³/mol. The number of aromatic nitrogens is 2. The summed E-state index contributed by atoms with van der Waals surface area (Å²) in [6.45, 7) is 0. The lowest BCUT2D eigenvalue weighted by molar-refractivity contribution is 0.300. The Bertz CT molecular complexity index is 601. The molecule has 1 fully saturated rings. The largest absolute Gasteiger partial charge is 0.339 e. The van der Waals surface area contributed by atoms with Crippen molar-refractivity contribution in [1.29, 1.82) is 0 Å². The Labute approximate surface area is 121 Å². The lowest BCUT2D eigenvalue weighted by Gasteiger charge is -2.22. The van der Waals surface area contributed by atoms with E-state index in [1.165, 1.54) is 12.1 Å². The molecule has 0 amide bonds. The van der Waals surface area contributed by atoms with Crippen LogP contribution in [0.3, 0.4) is 0 Å². The van der Waals surface area contributed by atoms with Gasteiger partial charge in [0.25, 0.3) is 0 Å². The second-order valence-electron chi connectivity index (χ2n) is 5.62. The van der Waals surface area contributed by atoms with Gasteiger partial charge in [0.1, 0.15) is 11.6 Å². The molecule has 2 N–H and O–H groups in total. The van der Waals surface area contributed by atoms with Crippen molar-refractivity contribution in [3.8, 4) is 0 Å². The molecule has 3 rings (SSSR count). The standard InChI is InChI=1S/C15H17F2N3O/c16-11-5-9(6-12(17)8-11)7-14-19-15(21-20-14)10-1-3-13(18)4-2-10/h5-6,8,10,13H,1-4,7,18H2. The van der Waals surface area contributed by atoms with Crippen molar-refractivity contribution < 1.29 is 13.3 Å². The van der Waals surface area contributed by atoms with Gasteiger partial charge in [0.15, 0.2) is 5.82 Å².